The van der Waals surface area contributed by atoms with Gasteiger partial charge in [0.15, 0.2) is 0 Å². The van der Waals surface area contributed by atoms with Crippen molar-refractivity contribution in [3.8, 4) is 11.8 Å². The highest BCUT2D eigenvalue weighted by molar-refractivity contribution is 5.93. The summed E-state index contributed by atoms with van der Waals surface area (Å²) in [6.07, 6.45) is 1.60. The number of aryl methyl sites for hydroxylation is 1. The molecule has 0 aliphatic carbocycles. The van der Waals surface area contributed by atoms with Crippen LogP contribution in [-0.4, -0.2) is 39.8 Å². The molecule has 0 radical (unpaired) electrons. The highest BCUT2D eigenvalue weighted by atomic mass is 16.5. The zero-order valence-corrected chi connectivity index (χ0v) is 11.6. The first-order valence-corrected chi connectivity index (χ1v) is 6.61. The van der Waals surface area contributed by atoms with E-state index in [1.807, 2.05) is 0 Å². The summed E-state index contributed by atoms with van der Waals surface area (Å²) in [5.74, 6) is 0.682. The Morgan fingerprint density at radius 2 is 2.05 bits per heavy atom. The van der Waals surface area contributed by atoms with Crippen LogP contribution < -0.4 is 4.74 Å². The molecule has 3 rings (SSSR count). The smallest absolute Gasteiger partial charge is 0.272 e. The number of amides is 1. The number of hydrogen-bond acceptors (Lipinski definition) is 4. The van der Waals surface area contributed by atoms with E-state index in [4.69, 9.17) is 10.00 Å². The highest BCUT2D eigenvalue weighted by Crippen LogP contribution is 2.20. The summed E-state index contributed by atoms with van der Waals surface area (Å²) in [5, 5.41) is 12.7. The molecule has 0 N–H and O–H groups in total. The SMILES string of the molecule is Cn1nccc1C(=O)N1CC(Oc2ccc(C#N)cc2)C1. The van der Waals surface area contributed by atoms with Crippen LogP contribution in [0.4, 0.5) is 0 Å². The van der Waals surface area contributed by atoms with Crippen molar-refractivity contribution in [3.63, 3.8) is 0 Å². The highest BCUT2D eigenvalue weighted by Gasteiger charge is 2.33. The first kappa shape index (κ1) is 13.2. The molecule has 106 valence electrons. The van der Waals surface area contributed by atoms with Crippen molar-refractivity contribution in [1.82, 2.24) is 14.7 Å². The quantitative estimate of drug-likeness (QED) is 0.848. The van der Waals surface area contributed by atoms with Crippen molar-refractivity contribution in [3.05, 3.63) is 47.8 Å². The van der Waals surface area contributed by atoms with E-state index >= 15 is 0 Å². The summed E-state index contributed by atoms with van der Waals surface area (Å²) < 4.78 is 7.32. The summed E-state index contributed by atoms with van der Waals surface area (Å²) in [6, 6.07) is 10.7. The molecule has 21 heavy (non-hydrogen) atoms. The fourth-order valence-corrected chi connectivity index (χ4v) is 2.22. The van der Waals surface area contributed by atoms with E-state index in [2.05, 4.69) is 11.2 Å². The summed E-state index contributed by atoms with van der Waals surface area (Å²) in [6.45, 7) is 1.12. The van der Waals surface area contributed by atoms with E-state index in [1.165, 1.54) is 0 Å². The average molecular weight is 282 g/mol. The molecule has 1 aromatic carbocycles. The van der Waals surface area contributed by atoms with E-state index < -0.39 is 0 Å². The maximum Gasteiger partial charge on any atom is 0.272 e. The first-order valence-electron chi connectivity index (χ1n) is 6.61. The van der Waals surface area contributed by atoms with Crippen molar-refractivity contribution >= 4 is 5.91 Å². The lowest BCUT2D eigenvalue weighted by molar-refractivity contribution is 0.0170. The molecule has 1 fully saturated rings. The molecular formula is C15H14N4O2. The van der Waals surface area contributed by atoms with Gasteiger partial charge in [0.1, 0.15) is 17.5 Å². The standard InChI is InChI=1S/C15H14N4O2/c1-18-14(6-7-17-18)15(20)19-9-13(10-19)21-12-4-2-11(8-16)3-5-12/h2-7,13H,9-10H2,1H3. The van der Waals surface area contributed by atoms with Crippen LogP contribution in [0, 0.1) is 11.3 Å². The Labute approximate surface area is 122 Å². The number of nitrogens with zero attached hydrogens (tertiary/aromatic N) is 4. The monoisotopic (exact) mass is 282 g/mol. The number of ether oxygens (including phenoxy) is 1. The van der Waals surface area contributed by atoms with Crippen LogP contribution in [0.1, 0.15) is 16.1 Å². The van der Waals surface area contributed by atoms with Gasteiger partial charge in [0.2, 0.25) is 0 Å². The Balaban J connectivity index is 1.55. The average Bonchev–Trinajstić information content (AvgIpc) is 2.88. The number of nitriles is 1. The normalized spacial score (nSPS) is 14.4. The molecule has 1 saturated heterocycles. The van der Waals surface area contributed by atoms with E-state index in [0.717, 1.165) is 0 Å². The molecule has 2 heterocycles. The topological polar surface area (TPSA) is 71.2 Å². The number of likely N-dealkylation sites (tertiary alicyclic amines) is 1. The molecule has 1 aromatic heterocycles. The fourth-order valence-electron chi connectivity index (χ4n) is 2.22. The molecule has 0 spiro atoms. The van der Waals surface area contributed by atoms with E-state index in [0.29, 0.717) is 30.1 Å². The van der Waals surface area contributed by atoms with Gasteiger partial charge in [-0.05, 0) is 30.3 Å². The van der Waals surface area contributed by atoms with Crippen molar-refractivity contribution < 1.29 is 9.53 Å². The van der Waals surface area contributed by atoms with Gasteiger partial charge in [-0.3, -0.25) is 9.48 Å². The van der Waals surface area contributed by atoms with Crippen LogP contribution in [0.15, 0.2) is 36.5 Å². The third-order valence-corrected chi connectivity index (χ3v) is 3.46. The molecule has 0 unspecified atom stereocenters. The minimum atomic E-state index is -0.0327. The van der Waals surface area contributed by atoms with Crippen LogP contribution in [0.3, 0.4) is 0 Å². The lowest BCUT2D eigenvalue weighted by Gasteiger charge is -2.38. The Bertz CT molecular complexity index is 693. The Hall–Kier alpha value is -2.81. The van der Waals surface area contributed by atoms with Gasteiger partial charge in [0, 0.05) is 13.2 Å². The molecule has 0 bridgehead atoms. The minimum Gasteiger partial charge on any atom is -0.487 e. The lowest BCUT2D eigenvalue weighted by atomic mass is 10.1. The van der Waals surface area contributed by atoms with E-state index in [-0.39, 0.29) is 12.0 Å². The van der Waals surface area contributed by atoms with Gasteiger partial charge >= 0.3 is 0 Å². The second-order valence-electron chi connectivity index (χ2n) is 4.93. The van der Waals surface area contributed by atoms with Crippen LogP contribution in [0.25, 0.3) is 0 Å². The maximum atomic E-state index is 12.2. The Morgan fingerprint density at radius 3 is 2.62 bits per heavy atom. The Kier molecular flexibility index (Phi) is 3.32. The van der Waals surface area contributed by atoms with Crippen molar-refractivity contribution in [2.24, 2.45) is 7.05 Å². The van der Waals surface area contributed by atoms with Crippen molar-refractivity contribution in [2.45, 2.75) is 6.10 Å². The molecule has 1 amide bonds. The predicted molar refractivity (Wildman–Crippen MR) is 74.7 cm³/mol. The number of rotatable bonds is 3. The molecule has 1 aliphatic rings. The molecule has 1 aliphatic heterocycles. The zero-order chi connectivity index (χ0) is 14.8. The van der Waals surface area contributed by atoms with Crippen LogP contribution in [-0.2, 0) is 7.05 Å². The van der Waals surface area contributed by atoms with E-state index in [9.17, 15) is 4.79 Å². The molecular weight excluding hydrogens is 268 g/mol. The van der Waals surface area contributed by atoms with Crippen LogP contribution >= 0.6 is 0 Å². The van der Waals surface area contributed by atoms with Crippen molar-refractivity contribution in [1.29, 1.82) is 5.26 Å². The largest absolute Gasteiger partial charge is 0.487 e. The molecule has 0 atom stereocenters. The van der Waals surface area contributed by atoms with Gasteiger partial charge in [-0.25, -0.2) is 0 Å². The van der Waals surface area contributed by atoms with Gasteiger partial charge in [0.05, 0.1) is 24.7 Å². The zero-order valence-electron chi connectivity index (χ0n) is 11.6. The summed E-state index contributed by atoms with van der Waals surface area (Å²) in [4.78, 5) is 13.9. The van der Waals surface area contributed by atoms with E-state index in [1.54, 1.807) is 53.2 Å². The third kappa shape index (κ3) is 2.58. The lowest BCUT2D eigenvalue weighted by Crippen LogP contribution is -2.56. The van der Waals surface area contributed by atoms with Gasteiger partial charge in [-0.1, -0.05) is 0 Å². The third-order valence-electron chi connectivity index (χ3n) is 3.46. The fraction of sp³-hybridized carbons (Fsp3) is 0.267. The summed E-state index contributed by atoms with van der Waals surface area (Å²) in [7, 11) is 1.75. The van der Waals surface area contributed by atoms with Crippen molar-refractivity contribution in [2.75, 3.05) is 13.1 Å². The Morgan fingerprint density at radius 1 is 1.33 bits per heavy atom. The molecule has 6 heteroatoms. The van der Waals surface area contributed by atoms with Gasteiger partial charge in [-0.2, -0.15) is 10.4 Å². The predicted octanol–water partition coefficient (Wildman–Crippen LogP) is 1.20. The summed E-state index contributed by atoms with van der Waals surface area (Å²) in [5.41, 5.74) is 1.18. The molecule has 0 saturated carbocycles. The van der Waals surface area contributed by atoms with Gasteiger partial charge in [0.25, 0.3) is 5.91 Å². The molecule has 6 nitrogen and oxygen atoms in total. The number of aromatic nitrogens is 2. The number of benzene rings is 1. The van der Waals surface area contributed by atoms with Gasteiger partial charge in [-0.15, -0.1) is 0 Å². The van der Waals surface area contributed by atoms with Crippen LogP contribution in [0.2, 0.25) is 0 Å². The molecule has 2 aromatic rings. The summed E-state index contributed by atoms with van der Waals surface area (Å²) >= 11 is 0. The van der Waals surface area contributed by atoms with Gasteiger partial charge < -0.3 is 9.64 Å². The second-order valence-corrected chi connectivity index (χ2v) is 4.93. The number of carbonyl (C=O) groups is 1. The first-order chi connectivity index (χ1) is 10.2. The second kappa shape index (κ2) is 5.29. The number of hydrogen-bond donors (Lipinski definition) is 0. The maximum absolute atomic E-state index is 12.2. The van der Waals surface area contributed by atoms with Crippen LogP contribution in [0.5, 0.6) is 5.75 Å². The number of carbonyl (C=O) groups excluding carboxylic acids is 1. The minimum absolute atomic E-state index is 0.00452.